The lowest BCUT2D eigenvalue weighted by Crippen LogP contribution is -2.22. The summed E-state index contributed by atoms with van der Waals surface area (Å²) in [7, 11) is 4.22. The van der Waals surface area contributed by atoms with E-state index in [1.807, 2.05) is 11.3 Å². The fourth-order valence-corrected chi connectivity index (χ4v) is 2.67. The van der Waals surface area contributed by atoms with Crippen LogP contribution in [0.4, 0.5) is 0 Å². The van der Waals surface area contributed by atoms with Crippen LogP contribution in [-0.4, -0.2) is 25.5 Å². The van der Waals surface area contributed by atoms with Crippen molar-refractivity contribution in [1.82, 2.24) is 4.90 Å². The van der Waals surface area contributed by atoms with Gasteiger partial charge in [0.05, 0.1) is 0 Å². The van der Waals surface area contributed by atoms with Gasteiger partial charge in [0.25, 0.3) is 0 Å². The van der Waals surface area contributed by atoms with E-state index in [-0.39, 0.29) is 0 Å². The minimum Gasteiger partial charge on any atom is -0.330 e. The van der Waals surface area contributed by atoms with Crippen LogP contribution in [0, 0.1) is 6.92 Å². The average molecular weight is 198 g/mol. The predicted molar refractivity (Wildman–Crippen MR) is 59.2 cm³/mol. The summed E-state index contributed by atoms with van der Waals surface area (Å²) >= 11 is 1.83. The number of nitrogens with zero attached hydrogens (tertiary/aromatic N) is 1. The molecular formula is C10H18N2S. The summed E-state index contributed by atoms with van der Waals surface area (Å²) in [5.41, 5.74) is 6.99. The summed E-state index contributed by atoms with van der Waals surface area (Å²) < 4.78 is 0. The van der Waals surface area contributed by atoms with Gasteiger partial charge in [0.1, 0.15) is 0 Å². The summed E-state index contributed by atoms with van der Waals surface area (Å²) in [5.74, 6) is 0. The predicted octanol–water partition coefficient (Wildman–Crippen LogP) is 2.01. The molecule has 0 spiro atoms. The van der Waals surface area contributed by atoms with Crippen molar-refractivity contribution in [2.75, 3.05) is 20.6 Å². The van der Waals surface area contributed by atoms with Crippen LogP contribution in [0.3, 0.4) is 0 Å². The Morgan fingerprint density at radius 3 is 2.62 bits per heavy atom. The summed E-state index contributed by atoms with van der Waals surface area (Å²) in [5, 5.41) is 2.15. The Labute approximate surface area is 84.4 Å². The van der Waals surface area contributed by atoms with Gasteiger partial charge in [-0.25, -0.2) is 0 Å². The van der Waals surface area contributed by atoms with Gasteiger partial charge in [-0.1, -0.05) is 0 Å². The maximum absolute atomic E-state index is 5.60. The highest BCUT2D eigenvalue weighted by atomic mass is 32.1. The Balaban J connectivity index is 2.82. The molecule has 74 valence electrons. The van der Waals surface area contributed by atoms with Crippen LogP contribution in [0.1, 0.15) is 22.9 Å². The lowest BCUT2D eigenvalue weighted by molar-refractivity contribution is 0.290. The fraction of sp³-hybridized carbons (Fsp3) is 0.600. The summed E-state index contributed by atoms with van der Waals surface area (Å²) in [6, 6.07) is 2.66. The molecule has 1 aromatic rings. The van der Waals surface area contributed by atoms with Crippen LogP contribution in [0.15, 0.2) is 11.4 Å². The maximum Gasteiger partial charge on any atom is 0.0450 e. The Kier molecular flexibility index (Phi) is 3.90. The molecule has 0 radical (unpaired) electrons. The van der Waals surface area contributed by atoms with Crippen molar-refractivity contribution in [3.05, 3.63) is 21.9 Å². The van der Waals surface area contributed by atoms with Crippen LogP contribution in [0.5, 0.6) is 0 Å². The molecule has 0 saturated carbocycles. The van der Waals surface area contributed by atoms with E-state index < -0.39 is 0 Å². The maximum atomic E-state index is 5.60. The third-order valence-electron chi connectivity index (χ3n) is 2.27. The summed E-state index contributed by atoms with van der Waals surface area (Å²) in [4.78, 5) is 3.70. The molecule has 0 bridgehead atoms. The number of hydrogen-bond acceptors (Lipinski definition) is 3. The molecule has 0 saturated heterocycles. The van der Waals surface area contributed by atoms with Crippen molar-refractivity contribution < 1.29 is 0 Å². The van der Waals surface area contributed by atoms with E-state index >= 15 is 0 Å². The normalized spacial score (nSPS) is 13.6. The molecule has 0 aromatic carbocycles. The Morgan fingerprint density at radius 2 is 2.23 bits per heavy atom. The molecule has 0 aliphatic rings. The zero-order valence-electron chi connectivity index (χ0n) is 8.58. The van der Waals surface area contributed by atoms with E-state index in [1.54, 1.807) is 0 Å². The van der Waals surface area contributed by atoms with E-state index in [0.29, 0.717) is 6.04 Å². The molecule has 3 heteroatoms. The van der Waals surface area contributed by atoms with Crippen molar-refractivity contribution in [2.24, 2.45) is 5.73 Å². The van der Waals surface area contributed by atoms with Gasteiger partial charge in [-0.15, -0.1) is 11.3 Å². The molecule has 1 heterocycles. The average Bonchev–Trinajstić information content (AvgIpc) is 2.47. The first-order chi connectivity index (χ1) is 6.16. The fourth-order valence-electron chi connectivity index (χ4n) is 1.51. The van der Waals surface area contributed by atoms with Gasteiger partial charge in [0.15, 0.2) is 0 Å². The highest BCUT2D eigenvalue weighted by molar-refractivity contribution is 7.10. The quantitative estimate of drug-likeness (QED) is 0.802. The van der Waals surface area contributed by atoms with Crippen LogP contribution < -0.4 is 5.73 Å². The van der Waals surface area contributed by atoms with E-state index in [2.05, 4.69) is 37.4 Å². The van der Waals surface area contributed by atoms with E-state index in [9.17, 15) is 0 Å². The first-order valence-electron chi connectivity index (χ1n) is 4.57. The molecule has 0 amide bonds. The second kappa shape index (κ2) is 4.74. The second-order valence-electron chi connectivity index (χ2n) is 3.52. The van der Waals surface area contributed by atoms with Crippen LogP contribution >= 0.6 is 11.3 Å². The number of hydrogen-bond donors (Lipinski definition) is 1. The molecule has 0 fully saturated rings. The SMILES string of the molecule is Cc1ccsc1C(CCN)N(C)C. The van der Waals surface area contributed by atoms with Crippen molar-refractivity contribution in [2.45, 2.75) is 19.4 Å². The van der Waals surface area contributed by atoms with Gasteiger partial charge < -0.3 is 10.6 Å². The third kappa shape index (κ3) is 2.53. The smallest absolute Gasteiger partial charge is 0.0450 e. The first-order valence-corrected chi connectivity index (χ1v) is 5.45. The molecule has 0 aliphatic heterocycles. The lowest BCUT2D eigenvalue weighted by atomic mass is 10.1. The lowest BCUT2D eigenvalue weighted by Gasteiger charge is -2.23. The van der Waals surface area contributed by atoms with Gasteiger partial charge in [-0.05, 0) is 51.0 Å². The zero-order chi connectivity index (χ0) is 9.84. The zero-order valence-corrected chi connectivity index (χ0v) is 9.40. The van der Waals surface area contributed by atoms with Crippen molar-refractivity contribution in [3.63, 3.8) is 0 Å². The number of rotatable bonds is 4. The molecular weight excluding hydrogens is 180 g/mol. The highest BCUT2D eigenvalue weighted by Gasteiger charge is 2.15. The van der Waals surface area contributed by atoms with Gasteiger partial charge in [-0.2, -0.15) is 0 Å². The number of aryl methyl sites for hydroxylation is 1. The van der Waals surface area contributed by atoms with E-state index in [1.165, 1.54) is 10.4 Å². The molecule has 1 unspecified atom stereocenters. The highest BCUT2D eigenvalue weighted by Crippen LogP contribution is 2.29. The second-order valence-corrected chi connectivity index (χ2v) is 4.47. The largest absolute Gasteiger partial charge is 0.330 e. The molecule has 1 atom stereocenters. The molecule has 1 aromatic heterocycles. The van der Waals surface area contributed by atoms with E-state index in [0.717, 1.165) is 13.0 Å². The monoisotopic (exact) mass is 198 g/mol. The third-order valence-corrected chi connectivity index (χ3v) is 3.39. The Morgan fingerprint density at radius 1 is 1.54 bits per heavy atom. The van der Waals surface area contributed by atoms with Gasteiger partial charge in [0.2, 0.25) is 0 Å². The summed E-state index contributed by atoms with van der Waals surface area (Å²) in [6.45, 7) is 2.92. The van der Waals surface area contributed by atoms with Crippen LogP contribution in [0.2, 0.25) is 0 Å². The van der Waals surface area contributed by atoms with E-state index in [4.69, 9.17) is 5.73 Å². The van der Waals surface area contributed by atoms with Gasteiger partial charge in [0, 0.05) is 10.9 Å². The topological polar surface area (TPSA) is 29.3 Å². The minimum absolute atomic E-state index is 0.491. The molecule has 1 rings (SSSR count). The number of thiophene rings is 1. The standard InChI is InChI=1S/C10H18N2S/c1-8-5-7-13-10(8)9(4-6-11)12(2)3/h5,7,9H,4,6,11H2,1-3H3. The number of nitrogens with two attached hydrogens (primary N) is 1. The van der Waals surface area contributed by atoms with Gasteiger partial charge in [-0.3, -0.25) is 0 Å². The van der Waals surface area contributed by atoms with Crippen molar-refractivity contribution >= 4 is 11.3 Å². The summed E-state index contributed by atoms with van der Waals surface area (Å²) in [6.07, 6.45) is 1.04. The molecule has 13 heavy (non-hydrogen) atoms. The van der Waals surface area contributed by atoms with Crippen LogP contribution in [0.25, 0.3) is 0 Å². The minimum atomic E-state index is 0.491. The van der Waals surface area contributed by atoms with Crippen molar-refractivity contribution in [3.8, 4) is 0 Å². The molecule has 2 nitrogen and oxygen atoms in total. The van der Waals surface area contributed by atoms with Crippen LogP contribution in [-0.2, 0) is 0 Å². The first kappa shape index (κ1) is 10.7. The molecule has 2 N–H and O–H groups in total. The van der Waals surface area contributed by atoms with Crippen molar-refractivity contribution in [1.29, 1.82) is 0 Å². The Hall–Kier alpha value is -0.380. The molecule has 0 aliphatic carbocycles. The van der Waals surface area contributed by atoms with Gasteiger partial charge >= 0.3 is 0 Å². The Bertz CT molecular complexity index is 255.